The van der Waals surface area contributed by atoms with E-state index in [0.29, 0.717) is 23.9 Å². The lowest BCUT2D eigenvalue weighted by atomic mass is 9.90. The van der Waals surface area contributed by atoms with Crippen LogP contribution in [0.25, 0.3) is 0 Å². The number of rotatable bonds is 7. The molecule has 0 aliphatic heterocycles. The van der Waals surface area contributed by atoms with E-state index in [-0.39, 0.29) is 23.7 Å². The number of anilines is 2. The molecule has 1 heterocycles. The zero-order valence-corrected chi connectivity index (χ0v) is 13.4. The molecule has 1 aliphatic rings. The van der Waals surface area contributed by atoms with Gasteiger partial charge in [0.05, 0.1) is 0 Å². The molecular formula is C14H24N4O2S. The second-order valence-corrected chi connectivity index (χ2v) is 7.33. The summed E-state index contributed by atoms with van der Waals surface area (Å²) in [5, 5.41) is 15.9. The first kappa shape index (κ1) is 16.0. The fourth-order valence-corrected chi connectivity index (χ4v) is 2.95. The van der Waals surface area contributed by atoms with Gasteiger partial charge in [-0.3, -0.25) is 4.79 Å². The number of amides is 1. The monoisotopic (exact) mass is 312 g/mol. The molecule has 0 bridgehead atoms. The van der Waals surface area contributed by atoms with Gasteiger partial charge in [0.1, 0.15) is 10.7 Å². The number of nitrogens with zero attached hydrogens (tertiary/aromatic N) is 1. The standard InChI is InChI=1S/C14H24N4O2S/c1-14(2,6-7-19)8-16-12(20)10-11(15)18-13(21-10)17-9-4-3-5-9/h9,19H,3-8,15H2,1-2H3,(H,16,20)(H,17,18). The van der Waals surface area contributed by atoms with Crippen LogP contribution in [-0.2, 0) is 0 Å². The Kier molecular flexibility index (Phi) is 5.05. The second-order valence-electron chi connectivity index (χ2n) is 6.33. The van der Waals surface area contributed by atoms with Gasteiger partial charge in [-0.25, -0.2) is 4.98 Å². The molecule has 0 aromatic carbocycles. The lowest BCUT2D eigenvalue weighted by Crippen LogP contribution is -2.34. The molecule has 21 heavy (non-hydrogen) atoms. The average Bonchev–Trinajstić information content (AvgIpc) is 2.72. The number of carbonyl (C=O) groups is 1. The lowest BCUT2D eigenvalue weighted by molar-refractivity contribution is 0.0933. The minimum Gasteiger partial charge on any atom is -0.396 e. The number of aliphatic hydroxyl groups is 1. The highest BCUT2D eigenvalue weighted by Gasteiger charge is 2.23. The van der Waals surface area contributed by atoms with Gasteiger partial charge in [0.2, 0.25) is 0 Å². The van der Waals surface area contributed by atoms with Crippen LogP contribution in [0, 0.1) is 5.41 Å². The maximum Gasteiger partial charge on any atom is 0.265 e. The van der Waals surface area contributed by atoms with Gasteiger partial charge in [0, 0.05) is 19.2 Å². The van der Waals surface area contributed by atoms with Crippen LogP contribution in [0.5, 0.6) is 0 Å². The number of aromatic nitrogens is 1. The topological polar surface area (TPSA) is 100 Å². The summed E-state index contributed by atoms with van der Waals surface area (Å²) in [4.78, 5) is 16.9. The van der Waals surface area contributed by atoms with Crippen LogP contribution >= 0.6 is 11.3 Å². The number of carbonyl (C=O) groups excluding carboxylic acids is 1. The Bertz CT molecular complexity index is 497. The van der Waals surface area contributed by atoms with Crippen molar-refractivity contribution in [2.24, 2.45) is 5.41 Å². The Hall–Kier alpha value is -1.34. The SMILES string of the molecule is CC(C)(CCO)CNC(=O)c1sc(NC2CCC2)nc1N. The molecule has 0 saturated heterocycles. The Balaban J connectivity index is 1.92. The van der Waals surface area contributed by atoms with Gasteiger partial charge in [0.15, 0.2) is 5.13 Å². The van der Waals surface area contributed by atoms with Crippen molar-refractivity contribution in [3.05, 3.63) is 4.88 Å². The number of hydrogen-bond acceptors (Lipinski definition) is 6. The van der Waals surface area contributed by atoms with Crippen molar-refractivity contribution in [1.82, 2.24) is 10.3 Å². The van der Waals surface area contributed by atoms with Crippen molar-refractivity contribution in [2.45, 2.75) is 45.6 Å². The number of thiazole rings is 1. The molecule has 1 aromatic rings. The summed E-state index contributed by atoms with van der Waals surface area (Å²) in [6, 6.07) is 0.468. The molecule has 0 spiro atoms. The van der Waals surface area contributed by atoms with E-state index in [1.54, 1.807) is 0 Å². The van der Waals surface area contributed by atoms with Gasteiger partial charge >= 0.3 is 0 Å². The van der Waals surface area contributed by atoms with Crippen LogP contribution in [0.15, 0.2) is 0 Å². The molecule has 1 aliphatic carbocycles. The molecule has 0 radical (unpaired) electrons. The van der Waals surface area contributed by atoms with Crippen LogP contribution in [0.4, 0.5) is 10.9 Å². The number of nitrogens with two attached hydrogens (primary N) is 1. The summed E-state index contributed by atoms with van der Waals surface area (Å²) in [7, 11) is 0. The van der Waals surface area contributed by atoms with Crippen LogP contribution in [0.3, 0.4) is 0 Å². The van der Waals surface area contributed by atoms with E-state index in [0.717, 1.165) is 18.0 Å². The van der Waals surface area contributed by atoms with Gasteiger partial charge in [-0.05, 0) is 31.1 Å². The highest BCUT2D eigenvalue weighted by Crippen LogP contribution is 2.29. The van der Waals surface area contributed by atoms with E-state index in [1.165, 1.54) is 17.8 Å². The second kappa shape index (κ2) is 6.62. The van der Waals surface area contributed by atoms with Gasteiger partial charge in [-0.15, -0.1) is 0 Å². The van der Waals surface area contributed by atoms with E-state index in [1.807, 2.05) is 13.8 Å². The average molecular weight is 312 g/mol. The predicted molar refractivity (Wildman–Crippen MR) is 85.6 cm³/mol. The summed E-state index contributed by atoms with van der Waals surface area (Å²) >= 11 is 1.30. The number of hydrogen-bond donors (Lipinski definition) is 4. The summed E-state index contributed by atoms with van der Waals surface area (Å²) in [5.41, 5.74) is 5.69. The van der Waals surface area contributed by atoms with Crippen LogP contribution in [-0.4, -0.2) is 35.2 Å². The van der Waals surface area contributed by atoms with Gasteiger partial charge in [-0.1, -0.05) is 25.2 Å². The van der Waals surface area contributed by atoms with Gasteiger partial charge in [-0.2, -0.15) is 0 Å². The highest BCUT2D eigenvalue weighted by molar-refractivity contribution is 7.18. The van der Waals surface area contributed by atoms with E-state index in [4.69, 9.17) is 10.8 Å². The third-order valence-electron chi connectivity index (χ3n) is 3.81. The molecule has 118 valence electrons. The van der Waals surface area contributed by atoms with Crippen LogP contribution in [0.1, 0.15) is 49.2 Å². The summed E-state index contributed by atoms with van der Waals surface area (Å²) in [6.07, 6.45) is 4.18. The lowest BCUT2D eigenvalue weighted by Gasteiger charge is -2.25. The molecule has 1 amide bonds. The maximum atomic E-state index is 12.2. The minimum atomic E-state index is -0.197. The first-order valence-corrected chi connectivity index (χ1v) is 8.15. The van der Waals surface area contributed by atoms with Crippen molar-refractivity contribution in [2.75, 3.05) is 24.2 Å². The highest BCUT2D eigenvalue weighted by atomic mass is 32.1. The van der Waals surface area contributed by atoms with Crippen molar-refractivity contribution in [3.8, 4) is 0 Å². The Morgan fingerprint density at radius 2 is 2.24 bits per heavy atom. The molecular weight excluding hydrogens is 288 g/mol. The van der Waals surface area contributed by atoms with E-state index in [9.17, 15) is 4.79 Å². The molecule has 5 N–H and O–H groups in total. The molecule has 0 unspecified atom stereocenters. The molecule has 1 aromatic heterocycles. The minimum absolute atomic E-state index is 0.112. The Labute approximate surface area is 129 Å². The maximum absolute atomic E-state index is 12.2. The van der Waals surface area contributed by atoms with E-state index < -0.39 is 0 Å². The molecule has 6 nitrogen and oxygen atoms in total. The normalized spacial score (nSPS) is 15.6. The predicted octanol–water partition coefficient (Wildman–Crippen LogP) is 1.83. The Morgan fingerprint density at radius 3 is 2.81 bits per heavy atom. The van der Waals surface area contributed by atoms with Gasteiger partial charge in [0.25, 0.3) is 5.91 Å². The number of nitrogens with one attached hydrogen (secondary N) is 2. The largest absolute Gasteiger partial charge is 0.396 e. The van der Waals surface area contributed by atoms with Crippen molar-refractivity contribution in [1.29, 1.82) is 0 Å². The van der Waals surface area contributed by atoms with Crippen molar-refractivity contribution in [3.63, 3.8) is 0 Å². The zero-order chi connectivity index (χ0) is 15.5. The first-order chi connectivity index (χ1) is 9.91. The summed E-state index contributed by atoms with van der Waals surface area (Å²) in [6.45, 7) is 4.61. The number of nitrogen functional groups attached to an aromatic ring is 1. The quantitative estimate of drug-likeness (QED) is 0.615. The van der Waals surface area contributed by atoms with E-state index >= 15 is 0 Å². The van der Waals surface area contributed by atoms with Crippen LogP contribution < -0.4 is 16.4 Å². The van der Waals surface area contributed by atoms with Crippen molar-refractivity contribution < 1.29 is 9.90 Å². The van der Waals surface area contributed by atoms with E-state index in [2.05, 4.69) is 15.6 Å². The molecule has 0 atom stereocenters. The molecule has 1 saturated carbocycles. The molecule has 2 rings (SSSR count). The number of aliphatic hydroxyl groups excluding tert-OH is 1. The fourth-order valence-electron chi connectivity index (χ4n) is 2.07. The van der Waals surface area contributed by atoms with Crippen molar-refractivity contribution >= 4 is 28.2 Å². The fraction of sp³-hybridized carbons (Fsp3) is 0.714. The third-order valence-corrected chi connectivity index (χ3v) is 4.81. The molecule has 7 heteroatoms. The zero-order valence-electron chi connectivity index (χ0n) is 12.6. The van der Waals surface area contributed by atoms with Gasteiger partial charge < -0.3 is 21.5 Å². The Morgan fingerprint density at radius 1 is 1.52 bits per heavy atom. The third kappa shape index (κ3) is 4.31. The summed E-state index contributed by atoms with van der Waals surface area (Å²) in [5.74, 6) is 0.0805. The van der Waals surface area contributed by atoms with Crippen LogP contribution in [0.2, 0.25) is 0 Å². The summed E-state index contributed by atoms with van der Waals surface area (Å²) < 4.78 is 0. The first-order valence-electron chi connectivity index (χ1n) is 7.33. The smallest absolute Gasteiger partial charge is 0.265 e. The molecule has 1 fully saturated rings.